The molecule has 0 aliphatic carbocycles. The lowest BCUT2D eigenvalue weighted by Gasteiger charge is -2.12. The first-order valence-corrected chi connectivity index (χ1v) is 9.85. The molecule has 2 aromatic rings. The van der Waals surface area contributed by atoms with Gasteiger partial charge in [0.25, 0.3) is 5.91 Å². The summed E-state index contributed by atoms with van der Waals surface area (Å²) >= 11 is 0. The van der Waals surface area contributed by atoms with Crippen molar-refractivity contribution in [2.24, 2.45) is 10.7 Å². The third kappa shape index (κ3) is 10.2. The second-order valence-electron chi connectivity index (χ2n) is 6.63. The lowest BCUT2D eigenvalue weighted by molar-refractivity contribution is -0.117. The second-order valence-corrected chi connectivity index (χ2v) is 6.63. The van der Waals surface area contributed by atoms with Crippen LogP contribution in [0.15, 0.2) is 53.5 Å². The molecular formula is C22H30IN5O3. The Labute approximate surface area is 200 Å². The third-order valence-electron chi connectivity index (χ3n) is 4.09. The van der Waals surface area contributed by atoms with Crippen LogP contribution in [0.4, 0.5) is 0 Å². The number of primary amides is 1. The maximum absolute atomic E-state index is 11.9. The fourth-order valence-electron chi connectivity index (χ4n) is 2.52. The molecule has 0 heterocycles. The average Bonchev–Trinajstić information content (AvgIpc) is 2.74. The Hall–Kier alpha value is -2.82. The Bertz CT molecular complexity index is 854. The quantitative estimate of drug-likeness (QED) is 0.159. The highest BCUT2D eigenvalue weighted by Crippen LogP contribution is 2.10. The van der Waals surface area contributed by atoms with E-state index in [9.17, 15) is 9.59 Å². The van der Waals surface area contributed by atoms with Crippen molar-refractivity contribution in [3.8, 4) is 5.75 Å². The van der Waals surface area contributed by atoms with Gasteiger partial charge in [0, 0.05) is 12.1 Å². The normalized spacial score (nSPS) is 10.6. The number of carbonyl (C=O) groups excluding carboxylic acids is 2. The van der Waals surface area contributed by atoms with E-state index in [-0.39, 0.29) is 36.4 Å². The number of ether oxygens (including phenoxy) is 1. The van der Waals surface area contributed by atoms with E-state index in [1.165, 1.54) is 5.56 Å². The van der Waals surface area contributed by atoms with Gasteiger partial charge < -0.3 is 26.4 Å². The Balaban J connectivity index is 0.00000480. The minimum Gasteiger partial charge on any atom is -0.492 e. The van der Waals surface area contributed by atoms with Crippen molar-refractivity contribution in [3.63, 3.8) is 0 Å². The number of hydrogen-bond acceptors (Lipinski definition) is 4. The molecule has 0 atom stereocenters. The van der Waals surface area contributed by atoms with Gasteiger partial charge in [-0.3, -0.25) is 9.59 Å². The summed E-state index contributed by atoms with van der Waals surface area (Å²) in [6.07, 6.45) is 0. The first kappa shape index (κ1) is 26.2. The first-order valence-electron chi connectivity index (χ1n) is 9.85. The predicted molar refractivity (Wildman–Crippen MR) is 133 cm³/mol. The van der Waals surface area contributed by atoms with Gasteiger partial charge in [-0.25, -0.2) is 4.99 Å². The van der Waals surface area contributed by atoms with Crippen molar-refractivity contribution in [1.82, 2.24) is 16.0 Å². The summed E-state index contributed by atoms with van der Waals surface area (Å²) in [5, 5.41) is 8.88. The van der Waals surface area contributed by atoms with Gasteiger partial charge >= 0.3 is 0 Å². The molecule has 0 aliphatic heterocycles. The standard InChI is InChI=1S/C22H29N5O3.HI/c1-3-24-22(25-12-13-30-19-10-4-16(2)5-11-19)27-14-17-6-8-18(9-7-17)21(29)26-15-20(23)28;/h4-11H,3,12-15H2,1-2H3,(H2,23,28)(H,26,29)(H2,24,25,27);1H. The van der Waals surface area contributed by atoms with Gasteiger partial charge in [-0.15, -0.1) is 24.0 Å². The van der Waals surface area contributed by atoms with Gasteiger partial charge in [0.1, 0.15) is 12.4 Å². The lowest BCUT2D eigenvalue weighted by atomic mass is 10.1. The van der Waals surface area contributed by atoms with Crippen LogP contribution in [0, 0.1) is 6.92 Å². The highest BCUT2D eigenvalue weighted by molar-refractivity contribution is 14.0. The van der Waals surface area contributed by atoms with E-state index in [0.29, 0.717) is 31.2 Å². The number of rotatable bonds is 10. The lowest BCUT2D eigenvalue weighted by Crippen LogP contribution is -2.39. The van der Waals surface area contributed by atoms with Gasteiger partial charge in [-0.2, -0.15) is 0 Å². The second kappa shape index (κ2) is 14.2. The fourth-order valence-corrected chi connectivity index (χ4v) is 2.52. The zero-order valence-electron chi connectivity index (χ0n) is 17.8. The number of nitrogens with two attached hydrogens (primary N) is 1. The largest absolute Gasteiger partial charge is 0.492 e. The van der Waals surface area contributed by atoms with E-state index < -0.39 is 5.91 Å². The van der Waals surface area contributed by atoms with Crippen molar-refractivity contribution >= 4 is 41.8 Å². The zero-order chi connectivity index (χ0) is 21.8. The molecule has 0 aromatic heterocycles. The number of nitrogens with one attached hydrogen (secondary N) is 3. The maximum Gasteiger partial charge on any atom is 0.251 e. The average molecular weight is 539 g/mol. The Morgan fingerprint density at radius 1 is 1.00 bits per heavy atom. The summed E-state index contributed by atoms with van der Waals surface area (Å²) in [6.45, 7) is 6.18. The van der Waals surface area contributed by atoms with Crippen molar-refractivity contribution in [3.05, 3.63) is 65.2 Å². The highest BCUT2D eigenvalue weighted by atomic mass is 127. The van der Waals surface area contributed by atoms with E-state index in [0.717, 1.165) is 17.9 Å². The molecule has 5 N–H and O–H groups in total. The summed E-state index contributed by atoms with van der Waals surface area (Å²) < 4.78 is 5.71. The molecule has 0 bridgehead atoms. The molecule has 2 rings (SSSR count). The van der Waals surface area contributed by atoms with Crippen LogP contribution < -0.4 is 26.4 Å². The minimum atomic E-state index is -0.581. The van der Waals surface area contributed by atoms with Crippen molar-refractivity contribution < 1.29 is 14.3 Å². The third-order valence-corrected chi connectivity index (χ3v) is 4.09. The van der Waals surface area contributed by atoms with E-state index in [1.54, 1.807) is 12.1 Å². The number of benzene rings is 2. The Morgan fingerprint density at radius 2 is 1.68 bits per heavy atom. The topological polar surface area (TPSA) is 118 Å². The van der Waals surface area contributed by atoms with Crippen molar-refractivity contribution in [2.75, 3.05) is 26.2 Å². The van der Waals surface area contributed by atoms with Gasteiger partial charge in [0.15, 0.2) is 5.96 Å². The smallest absolute Gasteiger partial charge is 0.251 e. The fraction of sp³-hybridized carbons (Fsp3) is 0.318. The number of nitrogens with zero attached hydrogens (tertiary/aromatic N) is 1. The van der Waals surface area contributed by atoms with E-state index >= 15 is 0 Å². The SMILES string of the molecule is CCNC(=NCc1ccc(C(=O)NCC(N)=O)cc1)NCCOc1ccc(C)cc1.I. The van der Waals surface area contributed by atoms with Crippen molar-refractivity contribution in [2.45, 2.75) is 20.4 Å². The Morgan fingerprint density at radius 3 is 2.29 bits per heavy atom. The van der Waals surface area contributed by atoms with Crippen LogP contribution in [0.2, 0.25) is 0 Å². The molecule has 168 valence electrons. The number of amides is 2. The van der Waals surface area contributed by atoms with Crippen LogP contribution in [0.1, 0.15) is 28.4 Å². The van der Waals surface area contributed by atoms with Crippen LogP contribution in [0.5, 0.6) is 5.75 Å². The van der Waals surface area contributed by atoms with Gasteiger partial charge in [-0.1, -0.05) is 29.8 Å². The number of aryl methyl sites for hydroxylation is 1. The summed E-state index contributed by atoms with van der Waals surface area (Å²) in [6, 6.07) is 15.0. The molecule has 0 spiro atoms. The van der Waals surface area contributed by atoms with Crippen molar-refractivity contribution in [1.29, 1.82) is 0 Å². The zero-order valence-corrected chi connectivity index (χ0v) is 20.1. The Kier molecular flexibility index (Phi) is 12.0. The van der Waals surface area contributed by atoms with Gasteiger partial charge in [0.2, 0.25) is 5.91 Å². The first-order chi connectivity index (χ1) is 14.5. The number of hydrogen-bond donors (Lipinski definition) is 4. The predicted octanol–water partition coefficient (Wildman–Crippen LogP) is 1.96. The molecule has 2 aromatic carbocycles. The molecule has 2 amide bonds. The van der Waals surface area contributed by atoms with E-state index in [2.05, 4.69) is 20.9 Å². The molecule has 0 radical (unpaired) electrons. The van der Waals surface area contributed by atoms with E-state index in [4.69, 9.17) is 10.5 Å². The summed E-state index contributed by atoms with van der Waals surface area (Å²) in [7, 11) is 0. The molecule has 0 aliphatic rings. The minimum absolute atomic E-state index is 0. The van der Waals surface area contributed by atoms with Gasteiger partial charge in [0.05, 0.1) is 19.6 Å². The van der Waals surface area contributed by atoms with Crippen LogP contribution >= 0.6 is 24.0 Å². The highest BCUT2D eigenvalue weighted by Gasteiger charge is 2.06. The van der Waals surface area contributed by atoms with Crippen LogP contribution in [-0.4, -0.2) is 44.0 Å². The summed E-state index contributed by atoms with van der Waals surface area (Å²) in [5.41, 5.74) is 7.64. The summed E-state index contributed by atoms with van der Waals surface area (Å²) in [5.74, 6) is 0.604. The molecule has 0 fully saturated rings. The number of halogens is 1. The molecule has 0 unspecified atom stereocenters. The van der Waals surface area contributed by atoms with Crippen LogP contribution in [0.3, 0.4) is 0 Å². The van der Waals surface area contributed by atoms with Crippen LogP contribution in [0.25, 0.3) is 0 Å². The molecule has 31 heavy (non-hydrogen) atoms. The molecule has 0 saturated heterocycles. The molecule has 9 heteroatoms. The molecule has 8 nitrogen and oxygen atoms in total. The maximum atomic E-state index is 11.9. The summed E-state index contributed by atoms with van der Waals surface area (Å²) in [4.78, 5) is 27.2. The number of carbonyl (C=O) groups is 2. The van der Waals surface area contributed by atoms with E-state index in [1.807, 2.05) is 50.2 Å². The number of guanidine groups is 1. The molecule has 0 saturated carbocycles. The monoisotopic (exact) mass is 539 g/mol. The molecular weight excluding hydrogens is 509 g/mol. The van der Waals surface area contributed by atoms with Crippen LogP contribution in [-0.2, 0) is 11.3 Å². The van der Waals surface area contributed by atoms with Gasteiger partial charge in [-0.05, 0) is 43.7 Å². The number of aliphatic imine (C=N–C) groups is 1.